The summed E-state index contributed by atoms with van der Waals surface area (Å²) in [5.74, 6) is 0. The van der Waals surface area contributed by atoms with Crippen LogP contribution in [0.5, 0.6) is 0 Å². The van der Waals surface area contributed by atoms with E-state index in [2.05, 4.69) is 0 Å². The minimum Gasteiger partial charge on any atom is 0 e. The zero-order valence-electron chi connectivity index (χ0n) is 6.63. The van der Waals surface area contributed by atoms with E-state index in [1.807, 2.05) is 0 Å². The predicted octanol–water partition coefficient (Wildman–Crippen LogP) is -0.144. The van der Waals surface area contributed by atoms with E-state index in [1.165, 1.54) is 0 Å². The topological polar surface area (TPSA) is 40.5 Å². The molecule has 0 aromatic heterocycles. The van der Waals surface area contributed by atoms with E-state index < -0.39 is 0 Å². The minimum atomic E-state index is -0.167. The molecule has 0 aromatic rings. The fourth-order valence-electron chi connectivity index (χ4n) is 0. The summed E-state index contributed by atoms with van der Waals surface area (Å²) in [6, 6.07) is 0. The average Bonchev–Trinajstić information content (AvgIpc) is 1.25. The van der Waals surface area contributed by atoms with Crippen LogP contribution in [0.1, 0.15) is 27.7 Å². The maximum atomic E-state index is 8.06. The monoisotopic (exact) mass is 220 g/mol. The molecule has 0 saturated heterocycles. The summed E-state index contributed by atoms with van der Waals surface area (Å²) < 4.78 is 0. The molecule has 0 heterocycles. The molecule has 10 heavy (non-hydrogen) atoms. The molecule has 0 aliphatic rings. The Bertz CT molecular complexity index is 31.2. The van der Waals surface area contributed by atoms with Gasteiger partial charge in [-0.05, 0) is 27.7 Å². The van der Waals surface area contributed by atoms with Crippen LogP contribution in [-0.4, -0.2) is 32.5 Å². The molecule has 2 N–H and O–H groups in total. The molecule has 0 unspecified atom stereocenters. The molecule has 59 valence electrons. The van der Waals surface area contributed by atoms with E-state index in [4.69, 9.17) is 10.2 Å². The van der Waals surface area contributed by atoms with Gasteiger partial charge in [0.25, 0.3) is 0 Å². The van der Waals surface area contributed by atoms with E-state index in [1.54, 1.807) is 27.7 Å². The minimum absolute atomic E-state index is 0. The van der Waals surface area contributed by atoms with E-state index >= 15 is 0 Å². The normalized spacial score (nSPS) is 7.20. The smallest absolute Gasteiger partial charge is 0 e. The molecule has 0 saturated carbocycles. The maximum absolute atomic E-state index is 8.06. The summed E-state index contributed by atoms with van der Waals surface area (Å²) in [4.78, 5) is 0. The van der Waals surface area contributed by atoms with Crippen LogP contribution in [0, 0.1) is 0 Å². The summed E-state index contributed by atoms with van der Waals surface area (Å²) in [5, 5.41) is 16.1. The van der Waals surface area contributed by atoms with Gasteiger partial charge < -0.3 is 10.2 Å². The van der Waals surface area contributed by atoms with Gasteiger partial charge in [-0.3, -0.25) is 0 Å². The number of aliphatic hydroxyl groups is 2. The van der Waals surface area contributed by atoms with Crippen molar-refractivity contribution in [2.24, 2.45) is 0 Å². The van der Waals surface area contributed by atoms with Gasteiger partial charge >= 0.3 is 10.1 Å². The van der Waals surface area contributed by atoms with Crippen molar-refractivity contribution in [3.63, 3.8) is 0 Å². The molecule has 1 radical (unpaired) electrons. The van der Waals surface area contributed by atoms with Crippen LogP contribution in [0.25, 0.3) is 0 Å². The zero-order chi connectivity index (χ0) is 7.15. The van der Waals surface area contributed by atoms with Gasteiger partial charge in [0.1, 0.15) is 0 Å². The first-order chi connectivity index (χ1) is 3.46. The first-order valence-corrected chi connectivity index (χ1v) is 2.83. The van der Waals surface area contributed by atoms with Crippen molar-refractivity contribution in [2.45, 2.75) is 39.9 Å². The summed E-state index contributed by atoms with van der Waals surface area (Å²) in [6.45, 7) is 6.89. The summed E-state index contributed by atoms with van der Waals surface area (Å²) in [7, 11) is 0. The van der Waals surface area contributed by atoms with Crippen molar-refractivity contribution < 1.29 is 42.9 Å². The third-order valence-corrected chi connectivity index (χ3v) is 0. The van der Waals surface area contributed by atoms with Crippen LogP contribution < -0.4 is 0 Å². The molecule has 0 atom stereocenters. The summed E-state index contributed by atoms with van der Waals surface area (Å²) >= 11 is 0. The van der Waals surface area contributed by atoms with E-state index in [-0.39, 0.29) is 55.0 Å². The Hall–Kier alpha value is 1.19. The Labute approximate surface area is 92.5 Å². The second kappa shape index (κ2) is 16.6. The van der Waals surface area contributed by atoms with Gasteiger partial charge in [-0.25, -0.2) is 0 Å². The van der Waals surface area contributed by atoms with Crippen molar-refractivity contribution in [1.82, 2.24) is 0 Å². The second-order valence-electron chi connectivity index (χ2n) is 2.19. The summed E-state index contributed by atoms with van der Waals surface area (Å²) in [6.07, 6.45) is -0.333. The van der Waals surface area contributed by atoms with E-state index in [0.29, 0.717) is 0 Å². The SMILES string of the molecule is CC(C)O.CC(C)O.[BeH2].[Y]. The molecule has 2 nitrogen and oxygen atoms in total. The van der Waals surface area contributed by atoms with Gasteiger partial charge in [-0.2, -0.15) is 0 Å². The molecule has 4 heteroatoms. The molecule has 0 aliphatic carbocycles. The maximum Gasteiger partial charge on any atom is 0 e. The quantitative estimate of drug-likeness (QED) is 0.557. The third-order valence-electron chi connectivity index (χ3n) is 0. The van der Waals surface area contributed by atoms with Crippen LogP contribution in [-0.2, 0) is 32.7 Å². The predicted molar refractivity (Wildman–Crippen MR) is 43.3 cm³/mol. The molecule has 0 fully saturated rings. The van der Waals surface area contributed by atoms with Crippen molar-refractivity contribution >= 4 is 10.1 Å². The Morgan fingerprint density at radius 3 is 0.800 bits per heavy atom. The summed E-state index contributed by atoms with van der Waals surface area (Å²) in [5.41, 5.74) is 0. The molecule has 0 bridgehead atoms. The molecular formula is C6H18BeO2Y. The van der Waals surface area contributed by atoms with Crippen molar-refractivity contribution in [1.29, 1.82) is 0 Å². The molecule has 0 aromatic carbocycles. The largest absolute Gasteiger partial charge is 0 e. The molecule has 0 amide bonds. The van der Waals surface area contributed by atoms with Gasteiger partial charge in [0, 0.05) is 44.9 Å². The number of hydrogen-bond acceptors (Lipinski definition) is 2. The van der Waals surface area contributed by atoms with Crippen LogP contribution in [0.2, 0.25) is 0 Å². The van der Waals surface area contributed by atoms with E-state index in [9.17, 15) is 0 Å². The van der Waals surface area contributed by atoms with Crippen LogP contribution in [0.15, 0.2) is 0 Å². The van der Waals surface area contributed by atoms with E-state index in [0.717, 1.165) is 0 Å². The average molecular weight is 220 g/mol. The number of rotatable bonds is 0. The fourth-order valence-corrected chi connectivity index (χ4v) is 0. The van der Waals surface area contributed by atoms with Crippen LogP contribution >= 0.6 is 0 Å². The molecular weight excluding hydrogens is 202 g/mol. The van der Waals surface area contributed by atoms with Crippen molar-refractivity contribution in [3.8, 4) is 0 Å². The Morgan fingerprint density at radius 2 is 0.800 bits per heavy atom. The standard InChI is InChI=1S/2C3H8O.Be.Y.2H/c2*1-3(2)4;;;;/h2*3-4H,1-2H3;;;;. The van der Waals surface area contributed by atoms with Crippen LogP contribution in [0.3, 0.4) is 0 Å². The van der Waals surface area contributed by atoms with Crippen molar-refractivity contribution in [2.75, 3.05) is 0 Å². The molecule has 0 spiro atoms. The van der Waals surface area contributed by atoms with Gasteiger partial charge in [0.05, 0.1) is 0 Å². The van der Waals surface area contributed by atoms with Gasteiger partial charge in [-0.1, -0.05) is 0 Å². The van der Waals surface area contributed by atoms with Gasteiger partial charge in [0.15, 0.2) is 0 Å². The van der Waals surface area contributed by atoms with Crippen LogP contribution in [0.4, 0.5) is 0 Å². The van der Waals surface area contributed by atoms with Crippen molar-refractivity contribution in [3.05, 3.63) is 0 Å². The zero-order valence-corrected chi connectivity index (χ0v) is 9.46. The Kier molecular flexibility index (Phi) is 37.4. The Balaban J connectivity index is -0.0000000300. The van der Waals surface area contributed by atoms with Gasteiger partial charge in [0.2, 0.25) is 0 Å². The molecule has 0 rings (SSSR count). The number of hydrogen-bond donors (Lipinski definition) is 2. The fraction of sp³-hybridized carbons (Fsp3) is 1.00. The second-order valence-corrected chi connectivity index (χ2v) is 2.19. The first-order valence-electron chi connectivity index (χ1n) is 2.83. The third kappa shape index (κ3) is 434. The molecule has 0 aliphatic heterocycles. The number of aliphatic hydroxyl groups excluding tert-OH is 2. The van der Waals surface area contributed by atoms with Gasteiger partial charge in [-0.15, -0.1) is 0 Å². The Morgan fingerprint density at radius 1 is 0.800 bits per heavy atom. The first kappa shape index (κ1) is 22.5.